The van der Waals surface area contributed by atoms with Crippen molar-refractivity contribution in [2.75, 3.05) is 38.7 Å². The van der Waals surface area contributed by atoms with Crippen molar-refractivity contribution in [2.24, 2.45) is 5.92 Å². The Morgan fingerprint density at radius 1 is 1.29 bits per heavy atom. The number of hydrogen-bond acceptors (Lipinski definition) is 7. The van der Waals surface area contributed by atoms with Crippen molar-refractivity contribution in [3.8, 4) is 5.88 Å². The van der Waals surface area contributed by atoms with Gasteiger partial charge in [0.2, 0.25) is 11.8 Å². The lowest BCUT2D eigenvalue weighted by atomic mass is 9.97. The molecule has 28 heavy (non-hydrogen) atoms. The maximum atomic E-state index is 12.5. The van der Waals surface area contributed by atoms with Crippen LogP contribution in [0.2, 0.25) is 0 Å². The van der Waals surface area contributed by atoms with Gasteiger partial charge in [0.15, 0.2) is 0 Å². The second kappa shape index (κ2) is 9.46. The highest BCUT2D eigenvalue weighted by Crippen LogP contribution is 2.27. The zero-order valence-electron chi connectivity index (χ0n) is 15.5. The van der Waals surface area contributed by atoms with Crippen LogP contribution >= 0.6 is 11.3 Å². The lowest BCUT2D eigenvalue weighted by Crippen LogP contribution is -2.41. The van der Waals surface area contributed by atoms with Gasteiger partial charge in [-0.25, -0.2) is 13.4 Å². The maximum Gasteiger partial charge on any atom is 0.252 e. The fraction of sp³-hybridized carbons (Fsp3) is 0.444. The second-order valence-electron chi connectivity index (χ2n) is 6.33. The van der Waals surface area contributed by atoms with E-state index in [2.05, 4.69) is 10.3 Å². The Kier molecular flexibility index (Phi) is 7.00. The molecule has 0 aliphatic carbocycles. The SMILES string of the molecule is COCCOc1ccc(NC(=O)C2CCN(S(=O)(=O)c3cccs3)CC2)cn1. The normalized spacial score (nSPS) is 16.0. The first-order chi connectivity index (χ1) is 13.5. The molecule has 0 atom stereocenters. The number of nitrogens with zero attached hydrogens (tertiary/aromatic N) is 2. The van der Waals surface area contributed by atoms with Gasteiger partial charge in [0.05, 0.1) is 18.5 Å². The Morgan fingerprint density at radius 2 is 2.07 bits per heavy atom. The summed E-state index contributed by atoms with van der Waals surface area (Å²) in [5.74, 6) is 0.109. The summed E-state index contributed by atoms with van der Waals surface area (Å²) in [6, 6.07) is 6.74. The quantitative estimate of drug-likeness (QED) is 0.651. The number of aromatic nitrogens is 1. The van der Waals surface area contributed by atoms with Gasteiger partial charge in [-0.05, 0) is 30.4 Å². The third kappa shape index (κ3) is 5.07. The summed E-state index contributed by atoms with van der Waals surface area (Å²) in [5.41, 5.74) is 0.581. The molecule has 152 valence electrons. The lowest BCUT2D eigenvalue weighted by Gasteiger charge is -2.30. The molecule has 2 aromatic rings. The number of carbonyl (C=O) groups excluding carboxylic acids is 1. The molecule has 0 unspecified atom stereocenters. The van der Waals surface area contributed by atoms with Crippen molar-refractivity contribution >= 4 is 33.0 Å². The van der Waals surface area contributed by atoms with Crippen molar-refractivity contribution in [3.05, 3.63) is 35.8 Å². The van der Waals surface area contributed by atoms with E-state index in [0.717, 1.165) is 0 Å². The number of carbonyl (C=O) groups is 1. The van der Waals surface area contributed by atoms with E-state index in [4.69, 9.17) is 9.47 Å². The zero-order chi connectivity index (χ0) is 20.0. The summed E-state index contributed by atoms with van der Waals surface area (Å²) in [7, 11) is -1.86. The number of rotatable bonds is 8. The van der Waals surface area contributed by atoms with Gasteiger partial charge in [-0.2, -0.15) is 4.31 Å². The molecule has 0 aromatic carbocycles. The van der Waals surface area contributed by atoms with Crippen LogP contribution in [0.3, 0.4) is 0 Å². The van der Waals surface area contributed by atoms with Crippen LogP contribution < -0.4 is 10.1 Å². The van der Waals surface area contributed by atoms with Gasteiger partial charge < -0.3 is 14.8 Å². The van der Waals surface area contributed by atoms with Crippen molar-refractivity contribution in [1.82, 2.24) is 9.29 Å². The molecule has 3 rings (SSSR count). The summed E-state index contributed by atoms with van der Waals surface area (Å²) in [5, 5.41) is 4.58. The third-order valence-corrected chi connectivity index (χ3v) is 7.73. The van der Waals surface area contributed by atoms with Crippen LogP contribution in [0.1, 0.15) is 12.8 Å². The Morgan fingerprint density at radius 3 is 2.68 bits per heavy atom. The van der Waals surface area contributed by atoms with E-state index in [0.29, 0.717) is 54.9 Å². The third-order valence-electron chi connectivity index (χ3n) is 4.46. The molecule has 0 spiro atoms. The molecule has 0 bridgehead atoms. The summed E-state index contributed by atoms with van der Waals surface area (Å²) in [6.45, 7) is 1.55. The van der Waals surface area contributed by atoms with Crippen LogP contribution in [0, 0.1) is 5.92 Å². The number of piperidine rings is 1. The molecular formula is C18H23N3O5S2. The smallest absolute Gasteiger partial charge is 0.252 e. The van der Waals surface area contributed by atoms with Crippen LogP contribution in [0.4, 0.5) is 5.69 Å². The first-order valence-electron chi connectivity index (χ1n) is 8.93. The first-order valence-corrected chi connectivity index (χ1v) is 11.2. The molecule has 1 aliphatic heterocycles. The Balaban J connectivity index is 1.50. The number of ether oxygens (including phenoxy) is 2. The van der Waals surface area contributed by atoms with Crippen LogP contribution in [0.15, 0.2) is 40.1 Å². The maximum absolute atomic E-state index is 12.5. The van der Waals surface area contributed by atoms with Gasteiger partial charge in [-0.15, -0.1) is 11.3 Å². The van der Waals surface area contributed by atoms with Crippen molar-refractivity contribution < 1.29 is 22.7 Å². The average Bonchev–Trinajstić information content (AvgIpc) is 3.25. The van der Waals surface area contributed by atoms with Gasteiger partial charge >= 0.3 is 0 Å². The molecule has 1 saturated heterocycles. The van der Waals surface area contributed by atoms with Gasteiger partial charge in [0.1, 0.15) is 10.8 Å². The number of thiophene rings is 1. The fourth-order valence-electron chi connectivity index (χ4n) is 2.91. The van der Waals surface area contributed by atoms with E-state index in [1.54, 1.807) is 36.8 Å². The van der Waals surface area contributed by atoms with E-state index >= 15 is 0 Å². The lowest BCUT2D eigenvalue weighted by molar-refractivity contribution is -0.120. The molecule has 8 nitrogen and oxygen atoms in total. The second-order valence-corrected chi connectivity index (χ2v) is 9.44. The molecule has 1 aliphatic rings. The minimum absolute atomic E-state index is 0.122. The van der Waals surface area contributed by atoms with Gasteiger partial charge in [0.25, 0.3) is 10.0 Å². The predicted molar refractivity (Wildman–Crippen MR) is 106 cm³/mol. The van der Waals surface area contributed by atoms with E-state index < -0.39 is 10.0 Å². The molecule has 2 aromatic heterocycles. The van der Waals surface area contributed by atoms with Crippen molar-refractivity contribution in [2.45, 2.75) is 17.1 Å². The van der Waals surface area contributed by atoms with E-state index in [1.165, 1.54) is 21.8 Å². The number of anilines is 1. The topological polar surface area (TPSA) is 97.8 Å². The van der Waals surface area contributed by atoms with Crippen LogP contribution in [-0.4, -0.2) is 57.0 Å². The van der Waals surface area contributed by atoms with Gasteiger partial charge in [-0.3, -0.25) is 4.79 Å². The molecule has 10 heteroatoms. The number of sulfonamides is 1. The highest BCUT2D eigenvalue weighted by molar-refractivity contribution is 7.91. The predicted octanol–water partition coefficient (Wildman–Crippen LogP) is 2.21. The minimum atomic E-state index is -3.45. The molecular weight excluding hydrogens is 402 g/mol. The number of hydrogen-bond donors (Lipinski definition) is 1. The Labute approximate surface area is 168 Å². The van der Waals surface area contributed by atoms with Crippen molar-refractivity contribution in [3.63, 3.8) is 0 Å². The number of methoxy groups -OCH3 is 1. The van der Waals surface area contributed by atoms with E-state index in [9.17, 15) is 13.2 Å². The molecule has 1 N–H and O–H groups in total. The highest BCUT2D eigenvalue weighted by atomic mass is 32.2. The Bertz CT molecular complexity index is 861. The Hall–Kier alpha value is -2.01. The number of amides is 1. The average molecular weight is 426 g/mol. The molecule has 0 saturated carbocycles. The van der Waals surface area contributed by atoms with E-state index in [-0.39, 0.29) is 11.8 Å². The van der Waals surface area contributed by atoms with Crippen molar-refractivity contribution in [1.29, 1.82) is 0 Å². The number of pyridine rings is 1. The van der Waals surface area contributed by atoms with Gasteiger partial charge in [-0.1, -0.05) is 6.07 Å². The van der Waals surface area contributed by atoms with E-state index in [1.807, 2.05) is 0 Å². The minimum Gasteiger partial charge on any atom is -0.475 e. The van der Waals surface area contributed by atoms with Crippen LogP contribution in [-0.2, 0) is 19.6 Å². The summed E-state index contributed by atoms with van der Waals surface area (Å²) in [6.07, 6.45) is 2.51. The molecule has 1 amide bonds. The summed E-state index contributed by atoms with van der Waals surface area (Å²) < 4.78 is 37.2. The molecule has 0 radical (unpaired) electrons. The monoisotopic (exact) mass is 425 g/mol. The molecule has 1 fully saturated rings. The van der Waals surface area contributed by atoms with Crippen LogP contribution in [0.5, 0.6) is 5.88 Å². The highest BCUT2D eigenvalue weighted by Gasteiger charge is 2.32. The summed E-state index contributed by atoms with van der Waals surface area (Å²) >= 11 is 1.21. The summed E-state index contributed by atoms with van der Waals surface area (Å²) in [4.78, 5) is 16.6. The fourth-order valence-corrected chi connectivity index (χ4v) is 5.52. The van der Waals surface area contributed by atoms with Gasteiger partial charge in [0, 0.05) is 32.2 Å². The van der Waals surface area contributed by atoms with Crippen LogP contribution in [0.25, 0.3) is 0 Å². The largest absolute Gasteiger partial charge is 0.475 e. The number of nitrogens with one attached hydrogen (secondary N) is 1. The standard InChI is InChI=1S/C18H23N3O5S2/c1-25-10-11-26-16-5-4-15(13-19-16)20-18(22)14-6-8-21(9-7-14)28(23,24)17-3-2-12-27-17/h2-5,12-14H,6-11H2,1H3,(H,20,22). The first kappa shape index (κ1) is 20.7. The molecule has 3 heterocycles. The zero-order valence-corrected chi connectivity index (χ0v) is 17.2.